The van der Waals surface area contributed by atoms with E-state index in [0.717, 1.165) is 30.1 Å². The first-order valence-corrected chi connectivity index (χ1v) is 5.49. The van der Waals surface area contributed by atoms with Gasteiger partial charge in [-0.25, -0.2) is 0 Å². The van der Waals surface area contributed by atoms with E-state index in [9.17, 15) is 9.59 Å². The summed E-state index contributed by atoms with van der Waals surface area (Å²) in [7, 11) is 0. The fraction of sp³-hybridized carbons (Fsp3) is 0.0667. The lowest BCUT2D eigenvalue weighted by Gasteiger charge is -2.05. The number of hydrogen-bond acceptors (Lipinski definition) is 2. The van der Waals surface area contributed by atoms with Gasteiger partial charge in [0.15, 0.2) is 12.6 Å². The molecule has 0 radical (unpaired) electrons. The van der Waals surface area contributed by atoms with Crippen LogP contribution >= 0.6 is 0 Å². The molecule has 1 aliphatic rings. The molecule has 3 rings (SSSR count). The summed E-state index contributed by atoms with van der Waals surface area (Å²) in [5.41, 5.74) is 5.45. The van der Waals surface area contributed by atoms with E-state index in [-0.39, 0.29) is 0 Å². The van der Waals surface area contributed by atoms with Gasteiger partial charge < -0.3 is 0 Å². The zero-order chi connectivity index (χ0) is 11.8. The van der Waals surface area contributed by atoms with E-state index in [0.29, 0.717) is 11.1 Å². The Morgan fingerprint density at radius 2 is 1.71 bits per heavy atom. The average molecular weight is 222 g/mol. The summed E-state index contributed by atoms with van der Waals surface area (Å²) in [5.74, 6) is 0. The number of fused-ring (bicyclic) bond motifs is 3. The van der Waals surface area contributed by atoms with Gasteiger partial charge in [0.2, 0.25) is 0 Å². The summed E-state index contributed by atoms with van der Waals surface area (Å²) in [6, 6.07) is 11.7. The lowest BCUT2D eigenvalue weighted by Crippen LogP contribution is -1.97. The van der Waals surface area contributed by atoms with Gasteiger partial charge in [0.1, 0.15) is 0 Å². The molecule has 2 nitrogen and oxygen atoms in total. The summed E-state index contributed by atoms with van der Waals surface area (Å²) in [4.78, 5) is 22.0. The predicted molar refractivity (Wildman–Crippen MR) is 65.5 cm³/mol. The summed E-state index contributed by atoms with van der Waals surface area (Å²) in [5, 5.41) is 0. The van der Waals surface area contributed by atoms with Crippen molar-refractivity contribution in [2.75, 3.05) is 0 Å². The van der Waals surface area contributed by atoms with Gasteiger partial charge in [-0.15, -0.1) is 0 Å². The Bertz CT molecular complexity index is 627. The highest BCUT2D eigenvalue weighted by Crippen LogP contribution is 2.38. The van der Waals surface area contributed by atoms with E-state index in [2.05, 4.69) is 12.1 Å². The van der Waals surface area contributed by atoms with Crippen LogP contribution in [0, 0.1) is 0 Å². The molecule has 0 heterocycles. The van der Waals surface area contributed by atoms with Gasteiger partial charge in [-0.3, -0.25) is 9.59 Å². The molecule has 0 spiro atoms. The van der Waals surface area contributed by atoms with Gasteiger partial charge in [0, 0.05) is 11.1 Å². The second-order valence-corrected chi connectivity index (χ2v) is 4.16. The van der Waals surface area contributed by atoms with Crippen LogP contribution < -0.4 is 0 Å². The normalized spacial score (nSPS) is 11.8. The molecule has 0 bridgehead atoms. The minimum Gasteiger partial charge on any atom is -0.298 e. The summed E-state index contributed by atoms with van der Waals surface area (Å²) in [6.07, 6.45) is 2.27. The minimum absolute atomic E-state index is 0.478. The van der Waals surface area contributed by atoms with Crippen LogP contribution in [-0.4, -0.2) is 12.6 Å². The Labute approximate surface area is 98.9 Å². The topological polar surface area (TPSA) is 34.1 Å². The molecule has 2 heteroatoms. The van der Waals surface area contributed by atoms with Crippen LogP contribution in [0.15, 0.2) is 36.4 Å². The molecule has 0 aromatic heterocycles. The van der Waals surface area contributed by atoms with E-state index < -0.39 is 0 Å². The van der Waals surface area contributed by atoms with Crippen molar-refractivity contribution in [3.63, 3.8) is 0 Å². The van der Waals surface area contributed by atoms with Crippen molar-refractivity contribution >= 4 is 12.6 Å². The molecule has 2 aromatic rings. The van der Waals surface area contributed by atoms with E-state index >= 15 is 0 Å². The molecule has 0 saturated carbocycles. The third kappa shape index (κ3) is 1.34. The van der Waals surface area contributed by atoms with Crippen molar-refractivity contribution in [2.24, 2.45) is 0 Å². The van der Waals surface area contributed by atoms with Crippen LogP contribution in [0.25, 0.3) is 11.1 Å². The predicted octanol–water partition coefficient (Wildman–Crippen LogP) is 2.88. The second kappa shape index (κ2) is 3.67. The van der Waals surface area contributed by atoms with Gasteiger partial charge >= 0.3 is 0 Å². The molecule has 0 amide bonds. The van der Waals surface area contributed by atoms with E-state index in [4.69, 9.17) is 0 Å². The quantitative estimate of drug-likeness (QED) is 0.625. The molecule has 0 fully saturated rings. The van der Waals surface area contributed by atoms with Crippen molar-refractivity contribution in [2.45, 2.75) is 6.42 Å². The maximum atomic E-state index is 11.1. The Morgan fingerprint density at radius 3 is 2.47 bits per heavy atom. The molecule has 0 saturated heterocycles. The molecule has 0 unspecified atom stereocenters. The maximum absolute atomic E-state index is 11.1. The second-order valence-electron chi connectivity index (χ2n) is 4.16. The molecule has 0 aliphatic heterocycles. The minimum atomic E-state index is 0.478. The smallest absolute Gasteiger partial charge is 0.151 e. The number of carbonyl (C=O) groups is 2. The van der Waals surface area contributed by atoms with Crippen molar-refractivity contribution < 1.29 is 9.59 Å². The zero-order valence-corrected chi connectivity index (χ0v) is 9.14. The Balaban J connectivity index is 2.30. The van der Waals surface area contributed by atoms with Crippen LogP contribution in [0.5, 0.6) is 0 Å². The fourth-order valence-electron chi connectivity index (χ4n) is 2.50. The third-order valence-electron chi connectivity index (χ3n) is 3.31. The SMILES string of the molecule is O=Cc1ccc2c(c1C=O)Cc1ccccc1-2. The van der Waals surface area contributed by atoms with Crippen molar-refractivity contribution in [3.05, 3.63) is 58.7 Å². The Morgan fingerprint density at radius 1 is 0.882 bits per heavy atom. The van der Waals surface area contributed by atoms with E-state index in [1.165, 1.54) is 11.1 Å². The van der Waals surface area contributed by atoms with Crippen LogP contribution in [0.4, 0.5) is 0 Å². The molecule has 2 aromatic carbocycles. The number of rotatable bonds is 2. The highest BCUT2D eigenvalue weighted by molar-refractivity contribution is 5.96. The van der Waals surface area contributed by atoms with Gasteiger partial charge in [0.25, 0.3) is 0 Å². The van der Waals surface area contributed by atoms with Crippen LogP contribution in [0.2, 0.25) is 0 Å². The molecule has 0 atom stereocenters. The van der Waals surface area contributed by atoms with Gasteiger partial charge in [0.05, 0.1) is 0 Å². The van der Waals surface area contributed by atoms with Gasteiger partial charge in [-0.2, -0.15) is 0 Å². The monoisotopic (exact) mass is 222 g/mol. The van der Waals surface area contributed by atoms with E-state index in [1.54, 1.807) is 6.07 Å². The first-order chi connectivity index (χ1) is 8.35. The Kier molecular flexibility index (Phi) is 2.15. The number of hydrogen-bond donors (Lipinski definition) is 0. The molecular formula is C15H10O2. The van der Waals surface area contributed by atoms with Crippen molar-refractivity contribution in [1.29, 1.82) is 0 Å². The van der Waals surface area contributed by atoms with Crippen LogP contribution in [0.1, 0.15) is 31.8 Å². The third-order valence-corrected chi connectivity index (χ3v) is 3.31. The molecule has 1 aliphatic carbocycles. The lowest BCUT2D eigenvalue weighted by molar-refractivity contribution is 0.109. The molecule has 17 heavy (non-hydrogen) atoms. The first kappa shape index (κ1) is 9.97. The maximum Gasteiger partial charge on any atom is 0.151 e. The number of carbonyl (C=O) groups excluding carboxylic acids is 2. The number of benzene rings is 2. The van der Waals surface area contributed by atoms with Crippen molar-refractivity contribution in [3.8, 4) is 11.1 Å². The lowest BCUT2D eigenvalue weighted by atomic mass is 9.97. The fourth-order valence-corrected chi connectivity index (χ4v) is 2.50. The first-order valence-electron chi connectivity index (χ1n) is 5.49. The van der Waals surface area contributed by atoms with Crippen LogP contribution in [-0.2, 0) is 6.42 Å². The van der Waals surface area contributed by atoms with E-state index in [1.807, 2.05) is 18.2 Å². The average Bonchev–Trinajstić information content (AvgIpc) is 2.75. The summed E-state index contributed by atoms with van der Waals surface area (Å²) < 4.78 is 0. The highest BCUT2D eigenvalue weighted by atomic mass is 16.1. The molecular weight excluding hydrogens is 212 g/mol. The largest absolute Gasteiger partial charge is 0.298 e. The van der Waals surface area contributed by atoms with Gasteiger partial charge in [-0.1, -0.05) is 36.4 Å². The Hall–Kier alpha value is -2.22. The van der Waals surface area contributed by atoms with Crippen molar-refractivity contribution in [1.82, 2.24) is 0 Å². The zero-order valence-electron chi connectivity index (χ0n) is 9.14. The molecule has 82 valence electrons. The molecule has 0 N–H and O–H groups in total. The highest BCUT2D eigenvalue weighted by Gasteiger charge is 2.22. The number of aldehydes is 2. The van der Waals surface area contributed by atoms with Gasteiger partial charge in [-0.05, 0) is 28.7 Å². The standard InChI is InChI=1S/C15H10O2/c16-8-11-5-6-13-12-4-2-1-3-10(12)7-14(13)15(11)9-17/h1-6,8-9H,7H2. The summed E-state index contributed by atoms with van der Waals surface area (Å²) >= 11 is 0. The van der Waals surface area contributed by atoms with Crippen LogP contribution in [0.3, 0.4) is 0 Å². The summed E-state index contributed by atoms with van der Waals surface area (Å²) in [6.45, 7) is 0.